The van der Waals surface area contributed by atoms with Crippen molar-refractivity contribution in [3.05, 3.63) is 39.8 Å². The van der Waals surface area contributed by atoms with Crippen LogP contribution < -0.4 is 10.6 Å². The number of nitrogens with one attached hydrogen (secondary N) is 2. The second-order valence-electron chi connectivity index (χ2n) is 4.64. The van der Waals surface area contributed by atoms with Crippen molar-refractivity contribution < 1.29 is 4.79 Å². The Labute approximate surface area is 132 Å². The summed E-state index contributed by atoms with van der Waals surface area (Å²) in [6, 6.07) is 1.76. The second-order valence-corrected chi connectivity index (χ2v) is 5.56. The van der Waals surface area contributed by atoms with E-state index in [0.717, 1.165) is 15.7 Å². The van der Waals surface area contributed by atoms with E-state index >= 15 is 0 Å². The molecule has 2 aromatic rings. The van der Waals surface area contributed by atoms with Crippen molar-refractivity contribution >= 4 is 27.7 Å². The summed E-state index contributed by atoms with van der Waals surface area (Å²) in [5.74, 6) is 0.420. The average Bonchev–Trinajstić information content (AvgIpc) is 2.78. The fourth-order valence-electron chi connectivity index (χ4n) is 1.91. The first-order valence-corrected chi connectivity index (χ1v) is 7.47. The average molecular weight is 352 g/mol. The standard InChI is InChI=1S/C14H18BrN5O/c1-4-16-13-12(5-11(15)8-17-13)14(21)18-6-10-7-19-20(3)9(10)2/h5,7-8H,4,6H2,1-3H3,(H,16,17)(H,18,21). The number of amides is 1. The van der Waals surface area contributed by atoms with Gasteiger partial charge < -0.3 is 10.6 Å². The van der Waals surface area contributed by atoms with E-state index in [1.165, 1.54) is 0 Å². The summed E-state index contributed by atoms with van der Waals surface area (Å²) in [4.78, 5) is 16.6. The Morgan fingerprint density at radius 2 is 2.19 bits per heavy atom. The number of rotatable bonds is 5. The summed E-state index contributed by atoms with van der Waals surface area (Å²) >= 11 is 3.34. The predicted molar refractivity (Wildman–Crippen MR) is 85.2 cm³/mol. The SMILES string of the molecule is CCNc1ncc(Br)cc1C(=O)NCc1cnn(C)c1C. The van der Waals surface area contributed by atoms with Gasteiger partial charge in [0.05, 0.1) is 11.8 Å². The van der Waals surface area contributed by atoms with Crippen molar-refractivity contribution in [3.8, 4) is 0 Å². The molecule has 0 atom stereocenters. The van der Waals surface area contributed by atoms with Gasteiger partial charge in [-0.15, -0.1) is 0 Å². The van der Waals surface area contributed by atoms with E-state index in [9.17, 15) is 4.79 Å². The van der Waals surface area contributed by atoms with E-state index in [1.54, 1.807) is 23.1 Å². The minimum Gasteiger partial charge on any atom is -0.370 e. The van der Waals surface area contributed by atoms with Gasteiger partial charge in [-0.3, -0.25) is 9.48 Å². The highest BCUT2D eigenvalue weighted by molar-refractivity contribution is 9.10. The van der Waals surface area contributed by atoms with E-state index in [2.05, 4.69) is 36.6 Å². The maximum absolute atomic E-state index is 12.3. The van der Waals surface area contributed by atoms with E-state index in [1.807, 2.05) is 20.9 Å². The Hall–Kier alpha value is -1.89. The third kappa shape index (κ3) is 3.60. The Kier molecular flexibility index (Phi) is 4.95. The molecule has 2 aromatic heterocycles. The molecular formula is C14H18BrN5O. The summed E-state index contributed by atoms with van der Waals surface area (Å²) in [5.41, 5.74) is 2.56. The number of aryl methyl sites for hydroxylation is 1. The quantitative estimate of drug-likeness (QED) is 0.866. The number of anilines is 1. The molecule has 0 bridgehead atoms. The van der Waals surface area contributed by atoms with E-state index in [-0.39, 0.29) is 5.91 Å². The molecule has 2 rings (SSSR count). The van der Waals surface area contributed by atoms with Crippen LogP contribution in [0.2, 0.25) is 0 Å². The maximum Gasteiger partial charge on any atom is 0.255 e. The van der Waals surface area contributed by atoms with Crippen LogP contribution in [-0.2, 0) is 13.6 Å². The van der Waals surface area contributed by atoms with Crippen molar-refractivity contribution in [1.29, 1.82) is 0 Å². The number of nitrogens with zero attached hydrogens (tertiary/aromatic N) is 3. The smallest absolute Gasteiger partial charge is 0.255 e. The van der Waals surface area contributed by atoms with Crippen molar-refractivity contribution in [2.75, 3.05) is 11.9 Å². The molecule has 0 aromatic carbocycles. The number of pyridine rings is 1. The van der Waals surface area contributed by atoms with Gasteiger partial charge in [0.2, 0.25) is 0 Å². The number of aromatic nitrogens is 3. The molecule has 2 N–H and O–H groups in total. The Morgan fingerprint density at radius 3 is 2.81 bits per heavy atom. The molecule has 2 heterocycles. The van der Waals surface area contributed by atoms with Crippen LogP contribution >= 0.6 is 15.9 Å². The lowest BCUT2D eigenvalue weighted by Crippen LogP contribution is -2.24. The Morgan fingerprint density at radius 1 is 1.43 bits per heavy atom. The zero-order valence-corrected chi connectivity index (χ0v) is 13.9. The minimum atomic E-state index is -0.164. The van der Waals surface area contributed by atoms with Gasteiger partial charge >= 0.3 is 0 Å². The Bertz CT molecular complexity index is 653. The van der Waals surface area contributed by atoms with Gasteiger partial charge in [0.15, 0.2) is 0 Å². The fourth-order valence-corrected chi connectivity index (χ4v) is 2.24. The van der Waals surface area contributed by atoms with Crippen molar-refractivity contribution in [2.24, 2.45) is 7.05 Å². The molecule has 0 saturated heterocycles. The van der Waals surface area contributed by atoms with Crippen LogP contribution in [0.15, 0.2) is 22.9 Å². The molecule has 0 aliphatic carbocycles. The molecule has 1 amide bonds. The van der Waals surface area contributed by atoms with Gasteiger partial charge in [-0.05, 0) is 35.8 Å². The number of carbonyl (C=O) groups excluding carboxylic acids is 1. The van der Waals surface area contributed by atoms with Gasteiger partial charge in [-0.2, -0.15) is 5.10 Å². The minimum absolute atomic E-state index is 0.164. The van der Waals surface area contributed by atoms with Crippen LogP contribution in [0, 0.1) is 6.92 Å². The lowest BCUT2D eigenvalue weighted by molar-refractivity contribution is 0.0951. The van der Waals surface area contributed by atoms with E-state index < -0.39 is 0 Å². The molecule has 0 unspecified atom stereocenters. The molecule has 0 saturated carbocycles. The summed E-state index contributed by atoms with van der Waals surface area (Å²) in [7, 11) is 1.88. The van der Waals surface area contributed by atoms with Gasteiger partial charge in [0, 0.05) is 42.1 Å². The summed E-state index contributed by atoms with van der Waals surface area (Å²) in [6.45, 7) is 5.08. The third-order valence-corrected chi connectivity index (χ3v) is 3.65. The fraction of sp³-hybridized carbons (Fsp3) is 0.357. The molecule has 0 radical (unpaired) electrons. The van der Waals surface area contributed by atoms with E-state index in [4.69, 9.17) is 0 Å². The zero-order chi connectivity index (χ0) is 15.4. The van der Waals surface area contributed by atoms with Gasteiger partial charge in [-0.1, -0.05) is 0 Å². The molecule has 6 nitrogen and oxygen atoms in total. The second kappa shape index (κ2) is 6.71. The summed E-state index contributed by atoms with van der Waals surface area (Å²) in [5, 5.41) is 10.2. The lowest BCUT2D eigenvalue weighted by Gasteiger charge is -2.10. The van der Waals surface area contributed by atoms with Crippen molar-refractivity contribution in [2.45, 2.75) is 20.4 Å². The molecule has 21 heavy (non-hydrogen) atoms. The lowest BCUT2D eigenvalue weighted by atomic mass is 10.2. The first-order chi connectivity index (χ1) is 10.0. The topological polar surface area (TPSA) is 71.8 Å². The van der Waals surface area contributed by atoms with Crippen molar-refractivity contribution in [3.63, 3.8) is 0 Å². The Balaban J connectivity index is 2.13. The van der Waals surface area contributed by atoms with Crippen LogP contribution in [0.3, 0.4) is 0 Å². The maximum atomic E-state index is 12.3. The molecule has 7 heteroatoms. The first kappa shape index (κ1) is 15.5. The monoisotopic (exact) mass is 351 g/mol. The summed E-state index contributed by atoms with van der Waals surface area (Å²) in [6.07, 6.45) is 3.43. The van der Waals surface area contributed by atoms with Gasteiger partial charge in [-0.25, -0.2) is 4.98 Å². The van der Waals surface area contributed by atoms with Crippen LogP contribution in [0.4, 0.5) is 5.82 Å². The number of halogens is 1. The first-order valence-electron chi connectivity index (χ1n) is 6.68. The highest BCUT2D eigenvalue weighted by atomic mass is 79.9. The number of hydrogen-bond donors (Lipinski definition) is 2. The molecular weight excluding hydrogens is 334 g/mol. The highest BCUT2D eigenvalue weighted by Gasteiger charge is 2.14. The molecule has 0 fully saturated rings. The number of carbonyl (C=O) groups is 1. The van der Waals surface area contributed by atoms with Crippen molar-refractivity contribution in [1.82, 2.24) is 20.1 Å². The number of hydrogen-bond acceptors (Lipinski definition) is 4. The summed E-state index contributed by atoms with van der Waals surface area (Å²) < 4.78 is 2.55. The van der Waals surface area contributed by atoms with Crippen LogP contribution in [0.5, 0.6) is 0 Å². The van der Waals surface area contributed by atoms with Crippen LogP contribution in [0.1, 0.15) is 28.5 Å². The van der Waals surface area contributed by atoms with E-state index in [0.29, 0.717) is 24.5 Å². The molecule has 0 aliphatic rings. The van der Waals surface area contributed by atoms with Crippen LogP contribution in [-0.4, -0.2) is 27.2 Å². The largest absolute Gasteiger partial charge is 0.370 e. The van der Waals surface area contributed by atoms with Crippen LogP contribution in [0.25, 0.3) is 0 Å². The van der Waals surface area contributed by atoms with Gasteiger partial charge in [0.1, 0.15) is 5.82 Å². The highest BCUT2D eigenvalue weighted by Crippen LogP contribution is 2.18. The molecule has 112 valence electrons. The van der Waals surface area contributed by atoms with Gasteiger partial charge in [0.25, 0.3) is 5.91 Å². The predicted octanol–water partition coefficient (Wildman–Crippen LogP) is 2.25. The molecule has 0 spiro atoms. The molecule has 0 aliphatic heterocycles. The zero-order valence-electron chi connectivity index (χ0n) is 12.3. The normalized spacial score (nSPS) is 10.5. The third-order valence-electron chi connectivity index (χ3n) is 3.22.